The average molecular weight is 278 g/mol. The van der Waals surface area contributed by atoms with E-state index in [1.54, 1.807) is 7.11 Å². The van der Waals surface area contributed by atoms with Gasteiger partial charge in [0.25, 0.3) is 0 Å². The predicted octanol–water partition coefficient (Wildman–Crippen LogP) is 4.24. The van der Waals surface area contributed by atoms with Crippen LogP contribution in [-0.2, 0) is 0 Å². The molecule has 0 aliphatic rings. The summed E-state index contributed by atoms with van der Waals surface area (Å²) in [6.45, 7) is 2.01. The number of aliphatic hydroxyl groups is 1. The first-order chi connectivity index (χ1) is 10.2. The number of benzene rings is 3. The molecular weight excluding hydrogens is 260 g/mol. The van der Waals surface area contributed by atoms with Gasteiger partial charge in [-0.1, -0.05) is 54.1 Å². The highest BCUT2D eigenvalue weighted by atomic mass is 16.5. The Bertz CT molecular complexity index is 772. The molecule has 0 radical (unpaired) electrons. The van der Waals surface area contributed by atoms with Gasteiger partial charge >= 0.3 is 0 Å². The summed E-state index contributed by atoms with van der Waals surface area (Å²) in [5.74, 6) is 0.709. The van der Waals surface area contributed by atoms with Gasteiger partial charge in [0.2, 0.25) is 0 Å². The van der Waals surface area contributed by atoms with Gasteiger partial charge in [-0.05, 0) is 35.4 Å². The van der Waals surface area contributed by atoms with Crippen LogP contribution in [-0.4, -0.2) is 12.2 Å². The number of fused-ring (bicyclic) bond motifs is 1. The quantitative estimate of drug-likeness (QED) is 0.776. The number of ether oxygens (including phenoxy) is 1. The molecule has 3 aromatic rings. The summed E-state index contributed by atoms with van der Waals surface area (Å²) in [7, 11) is 1.63. The van der Waals surface area contributed by atoms with Crippen LogP contribution in [0.4, 0.5) is 0 Å². The highest BCUT2D eigenvalue weighted by Crippen LogP contribution is 2.34. The SMILES string of the molecule is COc1ccc(C)cc1C(O)c1cccc2ccccc12. The largest absolute Gasteiger partial charge is 0.496 e. The average Bonchev–Trinajstić information content (AvgIpc) is 2.53. The Hall–Kier alpha value is -2.32. The number of aryl methyl sites for hydroxylation is 1. The van der Waals surface area contributed by atoms with Gasteiger partial charge in [0.05, 0.1) is 7.11 Å². The van der Waals surface area contributed by atoms with Gasteiger partial charge in [-0.3, -0.25) is 0 Å². The van der Waals surface area contributed by atoms with E-state index < -0.39 is 6.10 Å². The van der Waals surface area contributed by atoms with Crippen molar-refractivity contribution in [3.05, 3.63) is 77.4 Å². The summed E-state index contributed by atoms with van der Waals surface area (Å²) in [5.41, 5.74) is 2.80. The van der Waals surface area contributed by atoms with Crippen LogP contribution >= 0.6 is 0 Å². The van der Waals surface area contributed by atoms with Gasteiger partial charge in [-0.25, -0.2) is 0 Å². The van der Waals surface area contributed by atoms with E-state index >= 15 is 0 Å². The van der Waals surface area contributed by atoms with Crippen molar-refractivity contribution in [2.24, 2.45) is 0 Å². The summed E-state index contributed by atoms with van der Waals surface area (Å²) in [5, 5.41) is 13.0. The predicted molar refractivity (Wildman–Crippen MR) is 85.7 cm³/mol. The first kappa shape index (κ1) is 13.7. The second kappa shape index (κ2) is 5.58. The molecule has 3 aromatic carbocycles. The van der Waals surface area contributed by atoms with E-state index in [0.717, 1.165) is 27.5 Å². The molecule has 1 unspecified atom stereocenters. The van der Waals surface area contributed by atoms with E-state index in [4.69, 9.17) is 4.74 Å². The van der Waals surface area contributed by atoms with E-state index in [2.05, 4.69) is 12.1 Å². The first-order valence-electron chi connectivity index (χ1n) is 7.01. The monoisotopic (exact) mass is 278 g/mol. The van der Waals surface area contributed by atoms with Crippen LogP contribution in [0.15, 0.2) is 60.7 Å². The number of hydrogen-bond donors (Lipinski definition) is 1. The maximum absolute atomic E-state index is 10.8. The number of aliphatic hydroxyl groups excluding tert-OH is 1. The molecule has 1 N–H and O–H groups in total. The summed E-state index contributed by atoms with van der Waals surface area (Å²) < 4.78 is 5.40. The Kier molecular flexibility index (Phi) is 3.63. The molecule has 0 aliphatic heterocycles. The first-order valence-corrected chi connectivity index (χ1v) is 7.01. The van der Waals surface area contributed by atoms with Crippen LogP contribution in [0, 0.1) is 6.92 Å². The summed E-state index contributed by atoms with van der Waals surface area (Å²) in [6, 6.07) is 20.0. The molecular formula is C19H18O2. The van der Waals surface area contributed by atoms with Crippen LogP contribution in [0.1, 0.15) is 22.8 Å². The molecule has 0 amide bonds. The zero-order chi connectivity index (χ0) is 14.8. The zero-order valence-electron chi connectivity index (χ0n) is 12.2. The molecule has 21 heavy (non-hydrogen) atoms. The Morgan fingerprint density at radius 1 is 0.905 bits per heavy atom. The number of hydrogen-bond acceptors (Lipinski definition) is 2. The third-order valence-electron chi connectivity index (χ3n) is 3.80. The molecule has 2 nitrogen and oxygen atoms in total. The highest BCUT2D eigenvalue weighted by Gasteiger charge is 2.17. The van der Waals surface area contributed by atoms with Crippen LogP contribution < -0.4 is 4.74 Å². The van der Waals surface area contributed by atoms with E-state index in [-0.39, 0.29) is 0 Å². The Balaban J connectivity index is 2.17. The summed E-state index contributed by atoms with van der Waals surface area (Å²) in [4.78, 5) is 0. The van der Waals surface area contributed by atoms with E-state index in [9.17, 15) is 5.11 Å². The van der Waals surface area contributed by atoms with Crippen LogP contribution in [0.2, 0.25) is 0 Å². The molecule has 0 saturated heterocycles. The fourth-order valence-electron chi connectivity index (χ4n) is 2.72. The smallest absolute Gasteiger partial charge is 0.125 e. The minimum Gasteiger partial charge on any atom is -0.496 e. The zero-order valence-corrected chi connectivity index (χ0v) is 12.2. The maximum atomic E-state index is 10.8. The van der Waals surface area contributed by atoms with Crippen LogP contribution in [0.5, 0.6) is 5.75 Å². The molecule has 0 spiro atoms. The van der Waals surface area contributed by atoms with Gasteiger partial charge < -0.3 is 9.84 Å². The molecule has 0 aliphatic carbocycles. The minimum atomic E-state index is -0.703. The summed E-state index contributed by atoms with van der Waals surface area (Å²) >= 11 is 0. The van der Waals surface area contributed by atoms with E-state index in [0.29, 0.717) is 5.75 Å². The van der Waals surface area contributed by atoms with Gasteiger partial charge in [0, 0.05) is 5.56 Å². The molecule has 0 bridgehead atoms. The van der Waals surface area contributed by atoms with Crippen molar-refractivity contribution in [1.82, 2.24) is 0 Å². The third-order valence-corrected chi connectivity index (χ3v) is 3.80. The van der Waals surface area contributed by atoms with Gasteiger partial charge in [-0.2, -0.15) is 0 Å². The van der Waals surface area contributed by atoms with Crippen molar-refractivity contribution in [1.29, 1.82) is 0 Å². The van der Waals surface area contributed by atoms with Crippen molar-refractivity contribution in [2.75, 3.05) is 7.11 Å². The Morgan fingerprint density at radius 3 is 2.48 bits per heavy atom. The summed E-state index contributed by atoms with van der Waals surface area (Å²) in [6.07, 6.45) is -0.703. The highest BCUT2D eigenvalue weighted by molar-refractivity contribution is 5.86. The second-order valence-corrected chi connectivity index (χ2v) is 5.22. The Labute approximate surface area is 124 Å². The topological polar surface area (TPSA) is 29.5 Å². The van der Waals surface area contributed by atoms with E-state index in [1.165, 1.54) is 0 Å². The molecule has 0 aromatic heterocycles. The van der Waals surface area contributed by atoms with Gasteiger partial charge in [-0.15, -0.1) is 0 Å². The lowest BCUT2D eigenvalue weighted by molar-refractivity contribution is 0.216. The van der Waals surface area contributed by atoms with Crippen molar-refractivity contribution in [3.8, 4) is 5.75 Å². The van der Waals surface area contributed by atoms with Crippen molar-refractivity contribution < 1.29 is 9.84 Å². The normalized spacial score (nSPS) is 12.3. The lowest BCUT2D eigenvalue weighted by atomic mass is 9.94. The molecule has 0 heterocycles. The minimum absolute atomic E-state index is 0.703. The van der Waals surface area contributed by atoms with Crippen molar-refractivity contribution >= 4 is 10.8 Å². The maximum Gasteiger partial charge on any atom is 0.125 e. The molecule has 0 fully saturated rings. The molecule has 1 atom stereocenters. The fraction of sp³-hybridized carbons (Fsp3) is 0.158. The standard InChI is InChI=1S/C19H18O2/c1-13-10-11-18(21-2)17(12-13)19(20)16-9-5-7-14-6-3-4-8-15(14)16/h3-12,19-20H,1-2H3. The van der Waals surface area contributed by atoms with Crippen LogP contribution in [0.3, 0.4) is 0 Å². The molecule has 2 heteroatoms. The Morgan fingerprint density at radius 2 is 1.67 bits per heavy atom. The molecule has 0 saturated carbocycles. The lowest BCUT2D eigenvalue weighted by Gasteiger charge is -2.17. The molecule has 106 valence electrons. The third kappa shape index (κ3) is 2.50. The fourth-order valence-corrected chi connectivity index (χ4v) is 2.72. The lowest BCUT2D eigenvalue weighted by Crippen LogP contribution is -2.03. The van der Waals surface area contributed by atoms with Crippen molar-refractivity contribution in [2.45, 2.75) is 13.0 Å². The van der Waals surface area contributed by atoms with Gasteiger partial charge in [0.1, 0.15) is 11.9 Å². The number of methoxy groups -OCH3 is 1. The number of rotatable bonds is 3. The van der Waals surface area contributed by atoms with Gasteiger partial charge in [0.15, 0.2) is 0 Å². The molecule has 3 rings (SSSR count). The van der Waals surface area contributed by atoms with E-state index in [1.807, 2.05) is 55.5 Å². The van der Waals surface area contributed by atoms with Crippen LogP contribution in [0.25, 0.3) is 10.8 Å². The van der Waals surface area contributed by atoms with Crippen molar-refractivity contribution in [3.63, 3.8) is 0 Å². The second-order valence-electron chi connectivity index (χ2n) is 5.22.